The number of nitrogens with one attached hydrogen (secondary N) is 2. The molecule has 0 saturated carbocycles. The van der Waals surface area contributed by atoms with Crippen LogP contribution in [-0.2, 0) is 14.8 Å². The molecule has 0 unspecified atom stereocenters. The molecular weight excluding hydrogens is 382 g/mol. The first kappa shape index (κ1) is 19.4. The minimum Gasteiger partial charge on any atom is -0.481 e. The molecule has 146 valence electrons. The fourth-order valence-corrected chi connectivity index (χ4v) is 3.31. The van der Waals surface area contributed by atoms with E-state index >= 15 is 0 Å². The van der Waals surface area contributed by atoms with E-state index in [0.29, 0.717) is 17.2 Å². The summed E-state index contributed by atoms with van der Waals surface area (Å²) < 4.78 is 37.4. The van der Waals surface area contributed by atoms with Gasteiger partial charge in [-0.2, -0.15) is 0 Å². The zero-order valence-electron chi connectivity index (χ0n) is 15.2. The van der Waals surface area contributed by atoms with Crippen molar-refractivity contribution in [3.8, 4) is 5.75 Å². The van der Waals surface area contributed by atoms with Crippen molar-refractivity contribution in [2.45, 2.75) is 24.8 Å². The number of benzene rings is 2. The predicted molar refractivity (Wildman–Crippen MR) is 104 cm³/mol. The Morgan fingerprint density at radius 2 is 1.79 bits per heavy atom. The average Bonchev–Trinajstić information content (AvgIpc) is 3.07. The summed E-state index contributed by atoms with van der Waals surface area (Å²) in [5.41, 5.74) is 0.449. The summed E-state index contributed by atoms with van der Waals surface area (Å²) in [6.45, 7) is 3.29. The van der Waals surface area contributed by atoms with Gasteiger partial charge in [-0.05, 0) is 50.2 Å². The van der Waals surface area contributed by atoms with Crippen molar-refractivity contribution in [1.29, 1.82) is 0 Å². The van der Waals surface area contributed by atoms with Crippen LogP contribution >= 0.6 is 0 Å². The highest BCUT2D eigenvalue weighted by atomic mass is 32.2. The van der Waals surface area contributed by atoms with Gasteiger partial charge in [-0.15, -0.1) is 0 Å². The molecular formula is C19H19N3O5S. The zero-order chi connectivity index (χ0) is 20.1. The highest BCUT2D eigenvalue weighted by Crippen LogP contribution is 2.19. The third kappa shape index (κ3) is 4.89. The lowest BCUT2D eigenvalue weighted by atomic mass is 10.3. The number of carbonyl (C=O) groups is 1. The van der Waals surface area contributed by atoms with E-state index in [1.54, 1.807) is 26.0 Å². The van der Waals surface area contributed by atoms with Crippen molar-refractivity contribution in [1.82, 2.24) is 5.16 Å². The van der Waals surface area contributed by atoms with Crippen LogP contribution in [0.2, 0.25) is 0 Å². The zero-order valence-corrected chi connectivity index (χ0v) is 16.1. The summed E-state index contributed by atoms with van der Waals surface area (Å²) in [6, 6.07) is 16.2. The summed E-state index contributed by atoms with van der Waals surface area (Å²) in [6.07, 6.45) is -0.720. The van der Waals surface area contributed by atoms with Gasteiger partial charge in [0.05, 0.1) is 4.90 Å². The molecule has 0 fully saturated rings. The van der Waals surface area contributed by atoms with Crippen LogP contribution in [-0.4, -0.2) is 25.6 Å². The van der Waals surface area contributed by atoms with E-state index in [-0.39, 0.29) is 16.6 Å². The smallest absolute Gasteiger partial charge is 0.265 e. The average molecular weight is 401 g/mol. The first-order valence-corrected chi connectivity index (χ1v) is 9.90. The van der Waals surface area contributed by atoms with E-state index in [2.05, 4.69) is 15.2 Å². The number of anilines is 2. The summed E-state index contributed by atoms with van der Waals surface area (Å²) in [5, 5.41) is 6.29. The molecule has 3 rings (SSSR count). The molecule has 28 heavy (non-hydrogen) atoms. The van der Waals surface area contributed by atoms with Crippen molar-refractivity contribution in [2.75, 3.05) is 10.0 Å². The summed E-state index contributed by atoms with van der Waals surface area (Å²) in [5.74, 6) is 0.820. The number of amides is 1. The molecule has 8 nitrogen and oxygen atoms in total. The molecule has 0 bridgehead atoms. The van der Waals surface area contributed by atoms with Gasteiger partial charge in [0.2, 0.25) is 0 Å². The third-order valence-corrected chi connectivity index (χ3v) is 5.09. The number of aryl methyl sites for hydroxylation is 1. The highest BCUT2D eigenvalue weighted by Gasteiger charge is 2.18. The molecule has 0 aliphatic rings. The second-order valence-electron chi connectivity index (χ2n) is 6.02. The van der Waals surface area contributed by atoms with Gasteiger partial charge in [-0.3, -0.25) is 9.52 Å². The van der Waals surface area contributed by atoms with Crippen LogP contribution in [0.5, 0.6) is 5.75 Å². The fourth-order valence-electron chi connectivity index (χ4n) is 2.33. The monoisotopic (exact) mass is 401 g/mol. The van der Waals surface area contributed by atoms with Crippen molar-refractivity contribution < 1.29 is 22.5 Å². The van der Waals surface area contributed by atoms with Crippen LogP contribution in [0, 0.1) is 6.92 Å². The number of carbonyl (C=O) groups excluding carboxylic acids is 1. The van der Waals surface area contributed by atoms with Crippen molar-refractivity contribution in [2.24, 2.45) is 0 Å². The molecule has 1 aromatic heterocycles. The Labute approximate surface area is 162 Å². The summed E-state index contributed by atoms with van der Waals surface area (Å²) >= 11 is 0. The maximum Gasteiger partial charge on any atom is 0.265 e. The number of para-hydroxylation sites is 1. The maximum absolute atomic E-state index is 12.4. The number of aromatic nitrogens is 1. The lowest BCUT2D eigenvalue weighted by Crippen LogP contribution is -2.30. The Bertz CT molecular complexity index is 1050. The van der Waals surface area contributed by atoms with Crippen LogP contribution in [0.25, 0.3) is 0 Å². The largest absolute Gasteiger partial charge is 0.481 e. The molecule has 2 aromatic carbocycles. The van der Waals surface area contributed by atoms with Gasteiger partial charge in [0, 0.05) is 11.8 Å². The van der Waals surface area contributed by atoms with Crippen LogP contribution in [0.4, 0.5) is 11.5 Å². The Balaban J connectivity index is 1.62. The van der Waals surface area contributed by atoms with E-state index in [0.717, 1.165) is 0 Å². The van der Waals surface area contributed by atoms with Crippen LogP contribution in [0.15, 0.2) is 70.1 Å². The topological polar surface area (TPSA) is 111 Å². The molecule has 9 heteroatoms. The Kier molecular flexibility index (Phi) is 5.65. The van der Waals surface area contributed by atoms with E-state index in [1.807, 2.05) is 18.2 Å². The maximum atomic E-state index is 12.4. The molecule has 0 spiro atoms. The molecule has 1 atom stereocenters. The SMILES string of the molecule is Cc1cc(NS(=O)(=O)c2ccc(NC(=O)[C@@H](C)Oc3ccccc3)cc2)no1. The molecule has 0 aliphatic carbocycles. The summed E-state index contributed by atoms with van der Waals surface area (Å²) in [4.78, 5) is 12.3. The Morgan fingerprint density at radius 1 is 1.11 bits per heavy atom. The molecule has 1 heterocycles. The van der Waals surface area contributed by atoms with Gasteiger partial charge >= 0.3 is 0 Å². The normalized spacial score (nSPS) is 12.2. The lowest BCUT2D eigenvalue weighted by Gasteiger charge is -2.15. The van der Waals surface area contributed by atoms with Crippen molar-refractivity contribution in [3.63, 3.8) is 0 Å². The van der Waals surface area contributed by atoms with Gasteiger partial charge in [-0.1, -0.05) is 23.4 Å². The van der Waals surface area contributed by atoms with Crippen molar-refractivity contribution >= 4 is 27.4 Å². The number of rotatable bonds is 7. The number of ether oxygens (including phenoxy) is 1. The first-order chi connectivity index (χ1) is 13.3. The molecule has 3 aromatic rings. The first-order valence-electron chi connectivity index (χ1n) is 8.42. The molecule has 0 saturated heterocycles. The van der Waals surface area contributed by atoms with E-state index in [9.17, 15) is 13.2 Å². The van der Waals surface area contributed by atoms with Gasteiger partial charge in [-0.25, -0.2) is 8.42 Å². The van der Waals surface area contributed by atoms with Crippen LogP contribution < -0.4 is 14.8 Å². The highest BCUT2D eigenvalue weighted by molar-refractivity contribution is 7.92. The quantitative estimate of drug-likeness (QED) is 0.629. The minimum atomic E-state index is -3.81. The molecule has 0 radical (unpaired) electrons. The summed E-state index contributed by atoms with van der Waals surface area (Å²) in [7, 11) is -3.81. The second-order valence-corrected chi connectivity index (χ2v) is 7.70. The second kappa shape index (κ2) is 8.13. The van der Waals surface area contributed by atoms with Gasteiger partial charge < -0.3 is 14.6 Å². The van der Waals surface area contributed by atoms with Gasteiger partial charge in [0.1, 0.15) is 11.5 Å². The van der Waals surface area contributed by atoms with E-state index < -0.39 is 16.1 Å². The van der Waals surface area contributed by atoms with E-state index in [1.165, 1.54) is 30.3 Å². The third-order valence-electron chi connectivity index (χ3n) is 3.72. The molecule has 2 N–H and O–H groups in total. The van der Waals surface area contributed by atoms with Crippen LogP contribution in [0.1, 0.15) is 12.7 Å². The van der Waals surface area contributed by atoms with Gasteiger partial charge in [0.15, 0.2) is 11.9 Å². The fraction of sp³-hybridized carbons (Fsp3) is 0.158. The predicted octanol–water partition coefficient (Wildman–Crippen LogP) is 3.19. The number of sulfonamides is 1. The molecule has 1 amide bonds. The number of hydrogen-bond acceptors (Lipinski definition) is 6. The lowest BCUT2D eigenvalue weighted by molar-refractivity contribution is -0.122. The Hall–Kier alpha value is -3.33. The number of hydrogen-bond donors (Lipinski definition) is 2. The molecule has 0 aliphatic heterocycles. The minimum absolute atomic E-state index is 0.0275. The van der Waals surface area contributed by atoms with E-state index in [4.69, 9.17) is 9.26 Å². The van der Waals surface area contributed by atoms with Crippen molar-refractivity contribution in [3.05, 3.63) is 66.4 Å². The van der Waals surface area contributed by atoms with Crippen LogP contribution in [0.3, 0.4) is 0 Å². The van der Waals surface area contributed by atoms with Gasteiger partial charge in [0.25, 0.3) is 15.9 Å². The Morgan fingerprint density at radius 3 is 2.39 bits per heavy atom. The standard InChI is InChI=1S/C19H19N3O5S/c1-13-12-18(21-27-13)22-28(24,25)17-10-8-15(9-11-17)20-19(23)14(2)26-16-6-4-3-5-7-16/h3-12,14H,1-2H3,(H,20,23)(H,21,22)/t14-/m1/s1. The number of nitrogens with zero attached hydrogens (tertiary/aromatic N) is 1.